The molecule has 0 saturated carbocycles. The van der Waals surface area contributed by atoms with Crippen molar-refractivity contribution in [1.82, 2.24) is 29.5 Å². The van der Waals surface area contributed by atoms with Gasteiger partial charge in [-0.2, -0.15) is 10.2 Å². The summed E-state index contributed by atoms with van der Waals surface area (Å²) in [5.41, 5.74) is 2.17. The number of aromatic nitrogens is 5. The van der Waals surface area contributed by atoms with Crippen LogP contribution in [0.15, 0.2) is 37.1 Å². The van der Waals surface area contributed by atoms with Gasteiger partial charge in [0.15, 0.2) is 5.65 Å². The standard InChI is InChI=1S/C22H25ClFN7O2/c1-12(2)29-19-16(21(32)26-9-18(24)22(3,4)33)8-27-30-10-13(5-17(19)30)15-7-28-31-11-14(23)6-25-20(15)31/h5-8,10-12,18,29,33H,9H2,1-4H3,(H,26,32). The zero-order valence-corrected chi connectivity index (χ0v) is 19.4. The van der Waals surface area contributed by atoms with E-state index >= 15 is 0 Å². The number of carbonyl (C=O) groups is 1. The number of aliphatic hydroxyl groups is 1. The molecule has 9 nitrogen and oxygen atoms in total. The monoisotopic (exact) mass is 473 g/mol. The van der Waals surface area contributed by atoms with Gasteiger partial charge in [-0.1, -0.05) is 11.6 Å². The molecule has 0 radical (unpaired) electrons. The van der Waals surface area contributed by atoms with Crippen LogP contribution in [0.2, 0.25) is 5.02 Å². The zero-order valence-electron chi connectivity index (χ0n) is 18.7. The Balaban J connectivity index is 1.74. The second kappa shape index (κ2) is 8.60. The molecule has 1 unspecified atom stereocenters. The minimum absolute atomic E-state index is 0.0205. The molecule has 1 atom stereocenters. The minimum Gasteiger partial charge on any atom is -0.387 e. The maximum absolute atomic E-state index is 14.1. The molecule has 4 aromatic rings. The Kier molecular flexibility index (Phi) is 5.98. The predicted molar refractivity (Wildman–Crippen MR) is 124 cm³/mol. The Bertz CT molecular complexity index is 1330. The summed E-state index contributed by atoms with van der Waals surface area (Å²) in [5, 5.41) is 24.8. The van der Waals surface area contributed by atoms with Gasteiger partial charge < -0.3 is 15.7 Å². The van der Waals surface area contributed by atoms with E-state index in [0.29, 0.717) is 21.9 Å². The van der Waals surface area contributed by atoms with Crippen LogP contribution in [0.4, 0.5) is 10.1 Å². The summed E-state index contributed by atoms with van der Waals surface area (Å²) in [6.45, 7) is 6.29. The number of fused-ring (bicyclic) bond motifs is 2. The molecule has 0 saturated heterocycles. The highest BCUT2D eigenvalue weighted by Gasteiger charge is 2.27. The van der Waals surface area contributed by atoms with Crippen LogP contribution in [0.3, 0.4) is 0 Å². The van der Waals surface area contributed by atoms with Gasteiger partial charge in [0.25, 0.3) is 5.91 Å². The second-order valence-corrected chi connectivity index (χ2v) is 9.16. The predicted octanol–water partition coefficient (Wildman–Crippen LogP) is 3.36. The number of nitrogens with zero attached hydrogens (tertiary/aromatic N) is 5. The van der Waals surface area contributed by atoms with E-state index in [9.17, 15) is 14.3 Å². The molecule has 0 aliphatic heterocycles. The number of hydrogen-bond donors (Lipinski definition) is 3. The van der Waals surface area contributed by atoms with Crippen molar-refractivity contribution in [3.8, 4) is 11.1 Å². The molecular formula is C22H25ClFN7O2. The summed E-state index contributed by atoms with van der Waals surface area (Å²) >= 11 is 6.00. The van der Waals surface area contributed by atoms with Crippen molar-refractivity contribution in [3.63, 3.8) is 0 Å². The lowest BCUT2D eigenvalue weighted by molar-refractivity contribution is -0.00177. The third-order valence-corrected chi connectivity index (χ3v) is 5.35. The fraction of sp³-hybridized carbons (Fsp3) is 0.364. The van der Waals surface area contributed by atoms with Gasteiger partial charge >= 0.3 is 0 Å². The van der Waals surface area contributed by atoms with E-state index in [1.54, 1.807) is 27.6 Å². The third-order valence-electron chi connectivity index (χ3n) is 5.16. The van der Waals surface area contributed by atoms with E-state index in [2.05, 4.69) is 25.8 Å². The van der Waals surface area contributed by atoms with E-state index in [1.165, 1.54) is 20.0 Å². The third kappa shape index (κ3) is 4.62. The number of nitrogens with one attached hydrogen (secondary N) is 2. The smallest absolute Gasteiger partial charge is 0.255 e. The molecule has 4 rings (SSSR count). The van der Waals surface area contributed by atoms with Crippen LogP contribution < -0.4 is 10.6 Å². The molecule has 0 aliphatic rings. The molecule has 11 heteroatoms. The van der Waals surface area contributed by atoms with Crippen LogP contribution in [-0.4, -0.2) is 59.6 Å². The number of amides is 1. The van der Waals surface area contributed by atoms with E-state index < -0.39 is 17.7 Å². The molecule has 0 fully saturated rings. The summed E-state index contributed by atoms with van der Waals surface area (Å²) in [5.74, 6) is -0.491. The van der Waals surface area contributed by atoms with Crippen molar-refractivity contribution >= 4 is 34.4 Å². The van der Waals surface area contributed by atoms with Crippen molar-refractivity contribution in [2.75, 3.05) is 11.9 Å². The number of halogens is 2. The first-order valence-electron chi connectivity index (χ1n) is 10.5. The Morgan fingerprint density at radius 2 is 1.94 bits per heavy atom. The highest BCUT2D eigenvalue weighted by Crippen LogP contribution is 2.31. The maximum Gasteiger partial charge on any atom is 0.255 e. The molecule has 0 bridgehead atoms. The van der Waals surface area contributed by atoms with Crippen LogP contribution in [0.5, 0.6) is 0 Å². The molecule has 0 aliphatic carbocycles. The minimum atomic E-state index is -1.61. The van der Waals surface area contributed by atoms with Crippen molar-refractivity contribution in [1.29, 1.82) is 0 Å². The molecule has 1 amide bonds. The number of carbonyl (C=O) groups excluding carboxylic acids is 1. The van der Waals surface area contributed by atoms with Gasteiger partial charge in [0.2, 0.25) is 0 Å². The van der Waals surface area contributed by atoms with Gasteiger partial charge in [0.05, 0.1) is 52.5 Å². The topological polar surface area (TPSA) is 109 Å². The molecule has 4 heterocycles. The van der Waals surface area contributed by atoms with Crippen molar-refractivity contribution < 1.29 is 14.3 Å². The Morgan fingerprint density at radius 3 is 2.64 bits per heavy atom. The van der Waals surface area contributed by atoms with Gasteiger partial charge in [0, 0.05) is 29.6 Å². The Labute approximate surface area is 194 Å². The fourth-order valence-corrected chi connectivity index (χ4v) is 3.54. The molecule has 4 aromatic heterocycles. The lowest BCUT2D eigenvalue weighted by Crippen LogP contribution is -2.42. The van der Waals surface area contributed by atoms with Crippen LogP contribution in [0.1, 0.15) is 38.1 Å². The molecule has 0 aromatic carbocycles. The van der Waals surface area contributed by atoms with Gasteiger partial charge in [-0.15, -0.1) is 0 Å². The van der Waals surface area contributed by atoms with Crippen LogP contribution in [0.25, 0.3) is 22.3 Å². The van der Waals surface area contributed by atoms with Crippen LogP contribution in [0, 0.1) is 0 Å². The SMILES string of the molecule is CC(C)Nc1c(C(=O)NCC(F)C(C)(C)O)cnn2cc(-c3cnn4cc(Cl)cnc34)cc12. The van der Waals surface area contributed by atoms with Gasteiger partial charge in [-0.3, -0.25) is 4.79 Å². The fourth-order valence-electron chi connectivity index (χ4n) is 3.40. The average molecular weight is 474 g/mol. The molecular weight excluding hydrogens is 449 g/mol. The van der Waals surface area contributed by atoms with Crippen LogP contribution >= 0.6 is 11.6 Å². The summed E-state index contributed by atoms with van der Waals surface area (Å²) in [4.78, 5) is 17.2. The number of anilines is 1. The highest BCUT2D eigenvalue weighted by molar-refractivity contribution is 6.30. The number of hydrogen-bond acceptors (Lipinski definition) is 6. The van der Waals surface area contributed by atoms with Gasteiger partial charge in [-0.05, 0) is 33.8 Å². The highest BCUT2D eigenvalue weighted by atomic mass is 35.5. The van der Waals surface area contributed by atoms with E-state index in [-0.39, 0.29) is 18.2 Å². The van der Waals surface area contributed by atoms with E-state index in [1.807, 2.05) is 26.1 Å². The molecule has 174 valence electrons. The van der Waals surface area contributed by atoms with Gasteiger partial charge in [0.1, 0.15) is 6.17 Å². The summed E-state index contributed by atoms with van der Waals surface area (Å²) in [7, 11) is 0. The Morgan fingerprint density at radius 1 is 1.21 bits per heavy atom. The molecule has 33 heavy (non-hydrogen) atoms. The first kappa shape index (κ1) is 22.9. The second-order valence-electron chi connectivity index (χ2n) is 8.72. The average Bonchev–Trinajstić information content (AvgIpc) is 3.34. The lowest BCUT2D eigenvalue weighted by atomic mass is 10.0. The van der Waals surface area contributed by atoms with Crippen LogP contribution in [-0.2, 0) is 0 Å². The molecule has 0 spiro atoms. The quantitative estimate of drug-likeness (QED) is 0.380. The summed E-state index contributed by atoms with van der Waals surface area (Å²) < 4.78 is 17.4. The molecule has 3 N–H and O–H groups in total. The first-order chi connectivity index (χ1) is 15.5. The summed E-state index contributed by atoms with van der Waals surface area (Å²) in [6.07, 6.45) is 6.55. The van der Waals surface area contributed by atoms with Crippen molar-refractivity contribution in [3.05, 3.63) is 47.6 Å². The number of rotatable bonds is 7. The number of alkyl halides is 1. The summed E-state index contributed by atoms with van der Waals surface area (Å²) in [6, 6.07) is 1.91. The van der Waals surface area contributed by atoms with E-state index in [0.717, 1.165) is 11.1 Å². The maximum atomic E-state index is 14.1. The Hall–Kier alpha value is -3.24. The largest absolute Gasteiger partial charge is 0.387 e. The normalized spacial score (nSPS) is 13.1. The van der Waals surface area contributed by atoms with Crippen molar-refractivity contribution in [2.24, 2.45) is 0 Å². The lowest BCUT2D eigenvalue weighted by Gasteiger charge is -2.23. The first-order valence-corrected chi connectivity index (χ1v) is 10.8. The van der Waals surface area contributed by atoms with Gasteiger partial charge in [-0.25, -0.2) is 18.4 Å². The van der Waals surface area contributed by atoms with E-state index in [4.69, 9.17) is 11.6 Å². The zero-order chi connectivity index (χ0) is 23.9. The van der Waals surface area contributed by atoms with Crippen molar-refractivity contribution in [2.45, 2.75) is 45.5 Å².